The van der Waals surface area contributed by atoms with Crippen molar-refractivity contribution in [3.63, 3.8) is 0 Å². The molecule has 3 aromatic rings. The van der Waals surface area contributed by atoms with Crippen molar-refractivity contribution in [2.24, 2.45) is 22.7 Å². The van der Waals surface area contributed by atoms with E-state index < -0.39 is 0 Å². The van der Waals surface area contributed by atoms with E-state index in [1.165, 1.54) is 48.2 Å². The maximum Gasteiger partial charge on any atom is 0.0894 e. The molecule has 0 spiro atoms. The van der Waals surface area contributed by atoms with E-state index in [2.05, 4.69) is 70.2 Å². The zero-order valence-corrected chi connectivity index (χ0v) is 19.5. The quantitative estimate of drug-likeness (QED) is 0.469. The summed E-state index contributed by atoms with van der Waals surface area (Å²) in [5.41, 5.74) is 10.2. The lowest BCUT2D eigenvalue weighted by Gasteiger charge is -2.56. The van der Waals surface area contributed by atoms with Crippen LogP contribution in [0.4, 0.5) is 0 Å². The lowest BCUT2D eigenvalue weighted by molar-refractivity contribution is 0.0155. The van der Waals surface area contributed by atoms with E-state index in [0.29, 0.717) is 22.7 Å². The summed E-state index contributed by atoms with van der Waals surface area (Å²) in [7, 11) is 0. The summed E-state index contributed by atoms with van der Waals surface area (Å²) >= 11 is 0. The average molecular weight is 422 g/mol. The number of pyridine rings is 3. The summed E-state index contributed by atoms with van der Waals surface area (Å²) in [6, 6.07) is 15.2. The van der Waals surface area contributed by atoms with Crippen LogP contribution in [0.2, 0.25) is 0 Å². The van der Waals surface area contributed by atoms with Gasteiger partial charge >= 0.3 is 0 Å². The third kappa shape index (κ3) is 2.40. The molecule has 0 radical (unpaired) electrons. The van der Waals surface area contributed by atoms with E-state index in [1.54, 1.807) is 0 Å². The van der Waals surface area contributed by atoms with Crippen molar-refractivity contribution in [2.45, 2.75) is 65.2 Å². The summed E-state index contributed by atoms with van der Waals surface area (Å²) in [6.45, 7) is 9.65. The molecule has 0 unspecified atom stereocenters. The maximum absolute atomic E-state index is 5.16. The number of hydrogen-bond acceptors (Lipinski definition) is 3. The van der Waals surface area contributed by atoms with Crippen LogP contribution in [0.3, 0.4) is 0 Å². The molecule has 0 N–H and O–H groups in total. The van der Waals surface area contributed by atoms with Gasteiger partial charge in [0, 0.05) is 23.2 Å². The van der Waals surface area contributed by atoms with E-state index >= 15 is 0 Å². The molecule has 0 amide bonds. The molecular formula is C29H31N3. The molecule has 9 rings (SSSR count). The molecule has 4 bridgehead atoms. The normalized spacial score (nSPS) is 29.9. The van der Waals surface area contributed by atoms with Crippen LogP contribution in [0.25, 0.3) is 22.8 Å². The maximum atomic E-state index is 5.16. The molecular weight excluding hydrogens is 390 g/mol. The monoisotopic (exact) mass is 421 g/mol. The van der Waals surface area contributed by atoms with Crippen LogP contribution in [0.15, 0.2) is 42.5 Å². The predicted octanol–water partition coefficient (Wildman–Crippen LogP) is 6.58. The summed E-state index contributed by atoms with van der Waals surface area (Å²) < 4.78 is 0. The summed E-state index contributed by atoms with van der Waals surface area (Å²) in [5, 5.41) is 0. The molecule has 162 valence electrons. The first-order chi connectivity index (χ1) is 15.3. The molecule has 2 fully saturated rings. The fourth-order valence-electron chi connectivity index (χ4n) is 7.15. The van der Waals surface area contributed by atoms with Crippen LogP contribution < -0.4 is 0 Å². The third-order valence-electron chi connectivity index (χ3n) is 9.83. The molecule has 2 saturated carbocycles. The van der Waals surface area contributed by atoms with Crippen molar-refractivity contribution in [1.82, 2.24) is 15.0 Å². The lowest BCUT2D eigenvalue weighted by atomic mass is 9.48. The van der Waals surface area contributed by atoms with Crippen LogP contribution in [-0.4, -0.2) is 15.0 Å². The molecule has 3 aromatic heterocycles. The lowest BCUT2D eigenvalue weighted by Crippen LogP contribution is -2.48. The van der Waals surface area contributed by atoms with Crippen LogP contribution in [0.5, 0.6) is 0 Å². The van der Waals surface area contributed by atoms with Gasteiger partial charge in [-0.15, -0.1) is 0 Å². The Morgan fingerprint density at radius 1 is 0.594 bits per heavy atom. The topological polar surface area (TPSA) is 38.7 Å². The van der Waals surface area contributed by atoms with Gasteiger partial charge in [-0.1, -0.05) is 45.9 Å². The van der Waals surface area contributed by atoms with Crippen molar-refractivity contribution in [1.29, 1.82) is 0 Å². The molecule has 0 aliphatic heterocycles. The molecule has 0 aromatic carbocycles. The first-order valence-corrected chi connectivity index (χ1v) is 12.3. The second-order valence-corrected chi connectivity index (χ2v) is 11.9. The minimum atomic E-state index is 0.384. The van der Waals surface area contributed by atoms with Gasteiger partial charge in [-0.05, 0) is 83.7 Å². The van der Waals surface area contributed by atoms with Crippen LogP contribution >= 0.6 is 0 Å². The highest BCUT2D eigenvalue weighted by Crippen LogP contribution is 2.62. The number of rotatable bonds is 2. The number of hydrogen-bond donors (Lipinski definition) is 0. The SMILES string of the molecule is CC1(C)[C@@H]2Cc3ccc(-c4cccc(-c5ccc6c(n5)[C@H]5C[C@@H](C6)C5(C)C)n4)nc3[C@H]1C2. The molecule has 3 nitrogen and oxygen atoms in total. The van der Waals surface area contributed by atoms with Crippen molar-refractivity contribution in [3.05, 3.63) is 65.0 Å². The Morgan fingerprint density at radius 3 is 1.47 bits per heavy atom. The Balaban J connectivity index is 1.26. The van der Waals surface area contributed by atoms with E-state index in [-0.39, 0.29) is 0 Å². The fourth-order valence-corrected chi connectivity index (χ4v) is 7.15. The smallest absolute Gasteiger partial charge is 0.0894 e. The summed E-state index contributed by atoms with van der Waals surface area (Å²) in [6.07, 6.45) is 4.94. The molecule has 4 atom stereocenters. The minimum Gasteiger partial charge on any atom is -0.251 e. The second-order valence-electron chi connectivity index (χ2n) is 11.9. The zero-order chi connectivity index (χ0) is 21.8. The fraction of sp³-hybridized carbons (Fsp3) is 0.483. The van der Waals surface area contributed by atoms with Crippen molar-refractivity contribution in [3.8, 4) is 22.8 Å². The highest BCUT2D eigenvalue weighted by Gasteiger charge is 2.54. The highest BCUT2D eigenvalue weighted by atomic mass is 14.9. The average Bonchev–Trinajstić information content (AvgIpc) is 2.82. The Morgan fingerprint density at radius 2 is 1.03 bits per heavy atom. The van der Waals surface area contributed by atoms with Gasteiger partial charge in [0.2, 0.25) is 0 Å². The first-order valence-electron chi connectivity index (χ1n) is 12.3. The van der Waals surface area contributed by atoms with Crippen LogP contribution in [0.1, 0.15) is 74.9 Å². The van der Waals surface area contributed by atoms with Gasteiger partial charge < -0.3 is 0 Å². The molecule has 6 aliphatic carbocycles. The Hall–Kier alpha value is -2.55. The molecule has 3 heteroatoms. The highest BCUT2D eigenvalue weighted by molar-refractivity contribution is 5.63. The van der Waals surface area contributed by atoms with Gasteiger partial charge in [0.25, 0.3) is 0 Å². The van der Waals surface area contributed by atoms with Gasteiger partial charge in [0.05, 0.1) is 22.8 Å². The predicted molar refractivity (Wildman–Crippen MR) is 127 cm³/mol. The van der Waals surface area contributed by atoms with Gasteiger partial charge in [-0.25, -0.2) is 4.98 Å². The van der Waals surface area contributed by atoms with E-state index in [1.807, 2.05) is 0 Å². The van der Waals surface area contributed by atoms with Crippen molar-refractivity contribution >= 4 is 0 Å². The van der Waals surface area contributed by atoms with Gasteiger partial charge in [0.15, 0.2) is 0 Å². The molecule has 32 heavy (non-hydrogen) atoms. The molecule has 3 heterocycles. The summed E-state index contributed by atoms with van der Waals surface area (Å²) in [4.78, 5) is 15.3. The minimum absolute atomic E-state index is 0.384. The van der Waals surface area contributed by atoms with Crippen molar-refractivity contribution < 1.29 is 0 Å². The van der Waals surface area contributed by atoms with E-state index in [4.69, 9.17) is 15.0 Å². The largest absolute Gasteiger partial charge is 0.251 e. The van der Waals surface area contributed by atoms with Gasteiger partial charge in [-0.3, -0.25) is 9.97 Å². The molecule has 0 saturated heterocycles. The number of nitrogens with zero attached hydrogens (tertiary/aromatic N) is 3. The van der Waals surface area contributed by atoms with E-state index in [9.17, 15) is 0 Å². The van der Waals surface area contributed by atoms with Crippen LogP contribution in [0, 0.1) is 22.7 Å². The standard InChI is InChI=1S/C29H31N3/c1-28(2)18-12-16-8-10-24(31-26(16)20(28)14-18)22-6-5-7-23(30-22)25-11-9-17-13-19-15-21(27(17)32-25)29(19,3)4/h5-11,18-21H,12-15H2,1-4H3/t18-,19-,20-,21-/m1/s1. The third-order valence-corrected chi connectivity index (χ3v) is 9.83. The molecule has 6 aliphatic rings. The van der Waals surface area contributed by atoms with Crippen molar-refractivity contribution in [2.75, 3.05) is 0 Å². The summed E-state index contributed by atoms with van der Waals surface area (Å²) in [5.74, 6) is 2.83. The van der Waals surface area contributed by atoms with Gasteiger partial charge in [0.1, 0.15) is 0 Å². The Kier molecular flexibility index (Phi) is 3.60. The van der Waals surface area contributed by atoms with Crippen LogP contribution in [-0.2, 0) is 12.8 Å². The second kappa shape index (κ2) is 6.07. The van der Waals surface area contributed by atoms with Gasteiger partial charge in [-0.2, -0.15) is 0 Å². The number of aromatic nitrogens is 3. The van der Waals surface area contributed by atoms with E-state index in [0.717, 1.165) is 34.6 Å². The first kappa shape index (κ1) is 19.0. The Labute approximate surface area is 190 Å². The zero-order valence-electron chi connectivity index (χ0n) is 19.5. The Bertz CT molecular complexity index is 1180.